The molecule has 0 saturated carbocycles. The minimum absolute atomic E-state index is 0.601. The van der Waals surface area contributed by atoms with Crippen molar-refractivity contribution in [3.05, 3.63) is 395 Å². The molecule has 21 rings (SSSR count). The minimum atomic E-state index is 0.601. The normalized spacial score (nSPS) is 11.2. The molecule has 0 aliphatic rings. The molecule has 0 fully saturated rings. The predicted octanol–water partition coefficient (Wildman–Crippen LogP) is 24.1. The summed E-state index contributed by atoms with van der Waals surface area (Å²) in [5.74, 6) is 6.37. The molecule has 0 N–H and O–H groups in total. The number of nitrogens with zero attached hydrogens (tertiary/aromatic N) is 13. The molecular formula is C101H65N13. The number of pyridine rings is 2. The highest BCUT2D eigenvalue weighted by Crippen LogP contribution is 2.36. The highest BCUT2D eigenvalue weighted by Gasteiger charge is 2.19. The molecule has 0 amide bonds. The fourth-order valence-corrected chi connectivity index (χ4v) is 14.2. The first-order valence-corrected chi connectivity index (χ1v) is 37.5. The number of hydrogen-bond acceptors (Lipinski definition) is 13. The average molecular weight is 1460 g/mol. The van der Waals surface area contributed by atoms with Gasteiger partial charge < -0.3 is 0 Å². The summed E-state index contributed by atoms with van der Waals surface area (Å²) in [7, 11) is 0. The molecule has 0 aliphatic carbocycles. The summed E-state index contributed by atoms with van der Waals surface area (Å²) < 4.78 is 0. The minimum Gasteiger partial charge on any atom is -0.264 e. The average Bonchev–Trinajstić information content (AvgIpc) is 0.786. The van der Waals surface area contributed by atoms with Crippen molar-refractivity contribution in [3.63, 3.8) is 0 Å². The summed E-state index contributed by atoms with van der Waals surface area (Å²) in [4.78, 5) is 62.2. The van der Waals surface area contributed by atoms with Crippen molar-refractivity contribution in [2.75, 3.05) is 0 Å². The van der Waals surface area contributed by atoms with E-state index in [-0.39, 0.29) is 0 Å². The Labute approximate surface area is 656 Å². The zero-order valence-electron chi connectivity index (χ0n) is 61.3. The molecule has 13 heteroatoms. The molecule has 21 aromatic rings. The highest BCUT2D eigenvalue weighted by atomic mass is 15.1. The molecule has 0 bridgehead atoms. The molecule has 0 unspecified atom stereocenters. The lowest BCUT2D eigenvalue weighted by molar-refractivity contribution is 1.07. The quantitative estimate of drug-likeness (QED) is 0.113. The Morgan fingerprint density at radius 3 is 0.675 bits per heavy atom. The van der Waals surface area contributed by atoms with Gasteiger partial charge in [-0.15, -0.1) is 0 Å². The van der Waals surface area contributed by atoms with E-state index in [0.29, 0.717) is 58.2 Å². The molecule has 0 atom stereocenters. The van der Waals surface area contributed by atoms with Crippen LogP contribution >= 0.6 is 0 Å². The van der Waals surface area contributed by atoms with E-state index in [9.17, 15) is 0 Å². The van der Waals surface area contributed by atoms with Crippen LogP contribution in [0.15, 0.2) is 395 Å². The van der Waals surface area contributed by atoms with Gasteiger partial charge in [0.25, 0.3) is 0 Å². The lowest BCUT2D eigenvalue weighted by Crippen LogP contribution is -2.00. The van der Waals surface area contributed by atoms with E-state index in [1.54, 1.807) is 24.8 Å². The Kier molecular flexibility index (Phi) is 18.8. The zero-order valence-corrected chi connectivity index (χ0v) is 61.3. The van der Waals surface area contributed by atoms with E-state index in [4.69, 9.17) is 44.9 Å². The molecule has 0 radical (unpaired) electrons. The third-order valence-corrected chi connectivity index (χ3v) is 20.1. The Morgan fingerprint density at radius 2 is 0.377 bits per heavy atom. The summed E-state index contributed by atoms with van der Waals surface area (Å²) in [5, 5.41) is 14.0. The van der Waals surface area contributed by atoms with Crippen LogP contribution in [0.5, 0.6) is 0 Å². The van der Waals surface area contributed by atoms with Crippen LogP contribution in [0.4, 0.5) is 0 Å². The lowest BCUT2D eigenvalue weighted by atomic mass is 10.0. The van der Waals surface area contributed by atoms with Gasteiger partial charge in [0.2, 0.25) is 0 Å². The summed E-state index contributed by atoms with van der Waals surface area (Å²) in [6.07, 6.45) is 8.94. The van der Waals surface area contributed by atoms with Crippen molar-refractivity contribution in [1.29, 1.82) is 0 Å². The summed E-state index contributed by atoms with van der Waals surface area (Å²) >= 11 is 0. The van der Waals surface area contributed by atoms with Gasteiger partial charge in [0, 0.05) is 97.7 Å². The van der Waals surface area contributed by atoms with Gasteiger partial charge in [-0.05, 0) is 149 Å². The van der Waals surface area contributed by atoms with Gasteiger partial charge >= 0.3 is 0 Å². The fourth-order valence-electron chi connectivity index (χ4n) is 14.2. The summed E-state index contributed by atoms with van der Waals surface area (Å²) in [6, 6.07) is 124. The third-order valence-electron chi connectivity index (χ3n) is 20.1. The number of rotatable bonds is 12. The molecule has 114 heavy (non-hydrogen) atoms. The lowest BCUT2D eigenvalue weighted by Gasteiger charge is -2.10. The van der Waals surface area contributed by atoms with Crippen molar-refractivity contribution < 1.29 is 0 Å². The van der Waals surface area contributed by atoms with Gasteiger partial charge in [-0.1, -0.05) is 285 Å². The zero-order chi connectivity index (χ0) is 75.9. The molecule has 13 nitrogen and oxygen atoms in total. The van der Waals surface area contributed by atoms with Crippen molar-refractivity contribution >= 4 is 64.6 Å². The molecule has 0 spiro atoms. The van der Waals surface area contributed by atoms with Crippen LogP contribution in [0.2, 0.25) is 0 Å². The largest absolute Gasteiger partial charge is 0.264 e. The topological polar surface area (TPSA) is 168 Å². The van der Waals surface area contributed by atoms with Gasteiger partial charge in [-0.25, -0.2) is 54.8 Å². The van der Waals surface area contributed by atoms with E-state index >= 15 is 0 Å². The third kappa shape index (κ3) is 14.9. The van der Waals surface area contributed by atoms with Crippen LogP contribution in [0.1, 0.15) is 0 Å². The maximum Gasteiger partial charge on any atom is 0.164 e. The standard InChI is InChI=1S/2C34H22N4.C33H21N5/c1-3-9-25-19-29(16-14-23(25)7-1)33-36-32(28-12-5-11-27(21-28)31-13-6-18-35-22-31)37-34(38-33)30-17-15-24-8-2-4-10-26(24)20-30;1-3-10-25-20-29(17-15-23(25)8-1)33-36-32(28-13-7-12-27(22-28)31-14-5-6-19-35-31)37-34(38-33)30-18-16-24-9-2-4-11-26(24)21-30;1-3-9-24-19-28(15-13-22(24)7-1)32-36-31(27-12-5-11-26(21-27)30-34-17-6-18-35-30)37-33(38-32)29-16-14-23-8-2-4-10-25(23)20-29/h2*1-22H;1-21H. The number of fused-ring (bicyclic) bond motifs is 6. The van der Waals surface area contributed by atoms with Gasteiger partial charge in [-0.2, -0.15) is 0 Å². The van der Waals surface area contributed by atoms with Crippen LogP contribution in [-0.2, 0) is 0 Å². The van der Waals surface area contributed by atoms with Crippen LogP contribution in [-0.4, -0.2) is 64.8 Å². The first-order chi connectivity index (χ1) is 56.4. The maximum atomic E-state index is 4.97. The first kappa shape index (κ1) is 68.8. The second-order valence-electron chi connectivity index (χ2n) is 27.6. The molecule has 534 valence electrons. The van der Waals surface area contributed by atoms with Crippen LogP contribution in [0.3, 0.4) is 0 Å². The highest BCUT2D eigenvalue weighted by molar-refractivity contribution is 5.93. The van der Waals surface area contributed by atoms with Gasteiger partial charge in [0.05, 0.1) is 5.69 Å². The Balaban J connectivity index is 0.000000115. The van der Waals surface area contributed by atoms with E-state index in [1.165, 1.54) is 32.3 Å². The molecule has 0 saturated heterocycles. The van der Waals surface area contributed by atoms with Crippen LogP contribution in [0.25, 0.3) is 201 Å². The molecule has 15 aromatic carbocycles. The Bertz CT molecular complexity index is 6180. The second kappa shape index (κ2) is 31.1. The van der Waals surface area contributed by atoms with E-state index in [2.05, 4.69) is 281 Å². The van der Waals surface area contributed by atoms with E-state index in [1.807, 2.05) is 109 Å². The fraction of sp³-hybridized carbons (Fsp3) is 0. The Morgan fingerprint density at radius 1 is 0.132 bits per heavy atom. The summed E-state index contributed by atoms with van der Waals surface area (Å²) in [6.45, 7) is 0. The van der Waals surface area contributed by atoms with Crippen molar-refractivity contribution in [1.82, 2.24) is 64.8 Å². The SMILES string of the molecule is c1ccc(-c2cccc(-c3nc(-c4ccc5ccccc5c4)nc(-c4ccc5ccccc5c4)n3)c2)nc1.c1cnc(-c2cccc(-c3nc(-c4ccc5ccccc5c4)nc(-c4ccc5ccccc5c4)n3)c2)nc1.c1cncc(-c2cccc(-c3nc(-c4ccc5ccccc5c4)nc(-c4ccc5ccccc5c4)n3)c2)c1. The van der Waals surface area contributed by atoms with Gasteiger partial charge in [-0.3, -0.25) is 9.97 Å². The number of aromatic nitrogens is 13. The Hall–Kier alpha value is -15.7. The molecule has 6 heterocycles. The number of hydrogen-bond donors (Lipinski definition) is 0. The molecular weight excluding hydrogens is 1400 g/mol. The monoisotopic (exact) mass is 1460 g/mol. The smallest absolute Gasteiger partial charge is 0.164 e. The van der Waals surface area contributed by atoms with Crippen LogP contribution in [0, 0.1) is 0 Å². The summed E-state index contributed by atoms with van der Waals surface area (Å²) in [5.41, 5.74) is 13.4. The van der Waals surface area contributed by atoms with Gasteiger partial charge in [0.15, 0.2) is 58.2 Å². The maximum absolute atomic E-state index is 4.97. The number of benzene rings is 15. The molecule has 0 aliphatic heterocycles. The first-order valence-electron chi connectivity index (χ1n) is 37.5. The van der Waals surface area contributed by atoms with Crippen molar-refractivity contribution in [2.45, 2.75) is 0 Å². The van der Waals surface area contributed by atoms with Crippen molar-refractivity contribution in [2.24, 2.45) is 0 Å². The van der Waals surface area contributed by atoms with Crippen LogP contribution < -0.4 is 0 Å². The molecule has 6 aromatic heterocycles. The predicted molar refractivity (Wildman–Crippen MR) is 461 cm³/mol. The van der Waals surface area contributed by atoms with Gasteiger partial charge in [0.1, 0.15) is 0 Å². The van der Waals surface area contributed by atoms with E-state index in [0.717, 1.165) is 110 Å². The second-order valence-corrected chi connectivity index (χ2v) is 27.6. The van der Waals surface area contributed by atoms with E-state index < -0.39 is 0 Å². The van der Waals surface area contributed by atoms with Crippen molar-refractivity contribution in [3.8, 4) is 136 Å².